The lowest BCUT2D eigenvalue weighted by atomic mass is 9.80. The first-order chi connectivity index (χ1) is 8.57. The summed E-state index contributed by atoms with van der Waals surface area (Å²) in [5, 5.41) is 10.7. The Bertz CT molecular complexity index is 381. The molecule has 1 saturated carbocycles. The SMILES string of the molecule is CCOC1(c2ncc(C(C)O)s2)CCC(C)CC1. The second-order valence-electron chi connectivity index (χ2n) is 5.35. The highest BCUT2D eigenvalue weighted by molar-refractivity contribution is 7.11. The summed E-state index contributed by atoms with van der Waals surface area (Å²) in [6, 6.07) is 0. The van der Waals surface area contributed by atoms with Crippen LogP contribution in [0.1, 0.15) is 62.4 Å². The lowest BCUT2D eigenvalue weighted by Gasteiger charge is -2.37. The van der Waals surface area contributed by atoms with Gasteiger partial charge in [0.25, 0.3) is 0 Å². The van der Waals surface area contributed by atoms with Crippen LogP contribution in [0.15, 0.2) is 6.20 Å². The lowest BCUT2D eigenvalue weighted by Crippen LogP contribution is -2.34. The third-order valence-corrected chi connectivity index (χ3v) is 5.18. The zero-order valence-electron chi connectivity index (χ0n) is 11.5. The molecule has 0 amide bonds. The van der Waals surface area contributed by atoms with Gasteiger partial charge in [-0.15, -0.1) is 11.3 Å². The van der Waals surface area contributed by atoms with Gasteiger partial charge in [0.2, 0.25) is 0 Å². The number of aliphatic hydroxyl groups excluding tert-OH is 1. The van der Waals surface area contributed by atoms with E-state index in [1.807, 2.05) is 6.92 Å². The van der Waals surface area contributed by atoms with Gasteiger partial charge in [0, 0.05) is 12.8 Å². The maximum absolute atomic E-state index is 9.62. The largest absolute Gasteiger partial charge is 0.388 e. The molecule has 102 valence electrons. The molecule has 3 nitrogen and oxygen atoms in total. The van der Waals surface area contributed by atoms with E-state index in [0.717, 1.165) is 35.3 Å². The van der Waals surface area contributed by atoms with Gasteiger partial charge < -0.3 is 9.84 Å². The molecule has 0 aliphatic heterocycles. The van der Waals surface area contributed by atoms with E-state index in [1.54, 1.807) is 24.5 Å². The third kappa shape index (κ3) is 2.76. The number of ether oxygens (including phenoxy) is 1. The van der Waals surface area contributed by atoms with Crippen molar-refractivity contribution in [3.8, 4) is 0 Å². The Hall–Kier alpha value is -0.450. The molecule has 4 heteroatoms. The van der Waals surface area contributed by atoms with Crippen molar-refractivity contribution in [2.45, 2.75) is 58.2 Å². The smallest absolute Gasteiger partial charge is 0.125 e. The Kier molecular flexibility index (Phi) is 4.41. The Morgan fingerprint density at radius 2 is 2.22 bits per heavy atom. The van der Waals surface area contributed by atoms with Crippen LogP contribution in [0.25, 0.3) is 0 Å². The number of hydrogen-bond donors (Lipinski definition) is 1. The summed E-state index contributed by atoms with van der Waals surface area (Å²) in [6.07, 6.45) is 5.86. The van der Waals surface area contributed by atoms with Crippen molar-refractivity contribution in [3.63, 3.8) is 0 Å². The van der Waals surface area contributed by atoms with Crippen LogP contribution in [0.5, 0.6) is 0 Å². The van der Waals surface area contributed by atoms with Gasteiger partial charge in [0.05, 0.1) is 11.0 Å². The van der Waals surface area contributed by atoms with E-state index in [4.69, 9.17) is 4.74 Å². The molecule has 2 rings (SSSR count). The van der Waals surface area contributed by atoms with Crippen molar-refractivity contribution >= 4 is 11.3 Å². The zero-order valence-corrected chi connectivity index (χ0v) is 12.3. The number of thiazole rings is 1. The van der Waals surface area contributed by atoms with Crippen LogP contribution in [0, 0.1) is 5.92 Å². The summed E-state index contributed by atoms with van der Waals surface area (Å²) in [5.41, 5.74) is -0.195. The second-order valence-corrected chi connectivity index (χ2v) is 6.42. The molecule has 1 aliphatic carbocycles. The Labute approximate surface area is 113 Å². The highest BCUT2D eigenvalue weighted by atomic mass is 32.1. The monoisotopic (exact) mass is 269 g/mol. The van der Waals surface area contributed by atoms with Crippen molar-refractivity contribution in [2.24, 2.45) is 5.92 Å². The molecule has 0 bridgehead atoms. The number of aromatic nitrogens is 1. The van der Waals surface area contributed by atoms with Gasteiger partial charge in [-0.1, -0.05) is 6.92 Å². The highest BCUT2D eigenvalue weighted by Gasteiger charge is 2.39. The van der Waals surface area contributed by atoms with Gasteiger partial charge in [0.15, 0.2) is 0 Å². The summed E-state index contributed by atoms with van der Waals surface area (Å²) in [5.74, 6) is 0.787. The van der Waals surface area contributed by atoms with Crippen molar-refractivity contribution < 1.29 is 9.84 Å². The molecule has 1 heterocycles. The first-order valence-corrected chi connectivity index (χ1v) is 7.67. The normalized spacial score (nSPS) is 30.3. The van der Waals surface area contributed by atoms with E-state index in [-0.39, 0.29) is 5.60 Å². The minimum absolute atomic E-state index is 0.195. The van der Waals surface area contributed by atoms with Gasteiger partial charge in [-0.2, -0.15) is 0 Å². The molecule has 18 heavy (non-hydrogen) atoms. The maximum Gasteiger partial charge on any atom is 0.125 e. The molecule has 0 aromatic carbocycles. The highest BCUT2D eigenvalue weighted by Crippen LogP contribution is 2.44. The van der Waals surface area contributed by atoms with E-state index in [2.05, 4.69) is 11.9 Å². The average molecular weight is 269 g/mol. The van der Waals surface area contributed by atoms with Gasteiger partial charge in [-0.3, -0.25) is 0 Å². The van der Waals surface area contributed by atoms with Gasteiger partial charge >= 0.3 is 0 Å². The minimum Gasteiger partial charge on any atom is -0.388 e. The van der Waals surface area contributed by atoms with Gasteiger partial charge in [-0.05, 0) is 45.4 Å². The zero-order chi connectivity index (χ0) is 13.2. The summed E-state index contributed by atoms with van der Waals surface area (Å²) in [4.78, 5) is 5.44. The number of hydrogen-bond acceptors (Lipinski definition) is 4. The Morgan fingerprint density at radius 3 is 2.72 bits per heavy atom. The molecule has 0 spiro atoms. The van der Waals surface area contributed by atoms with Crippen LogP contribution in [-0.4, -0.2) is 16.7 Å². The van der Waals surface area contributed by atoms with Crippen molar-refractivity contribution in [1.82, 2.24) is 4.98 Å². The van der Waals surface area contributed by atoms with E-state index >= 15 is 0 Å². The Morgan fingerprint density at radius 1 is 1.56 bits per heavy atom. The van der Waals surface area contributed by atoms with E-state index in [0.29, 0.717) is 0 Å². The van der Waals surface area contributed by atoms with Crippen molar-refractivity contribution in [1.29, 1.82) is 0 Å². The van der Waals surface area contributed by atoms with Crippen LogP contribution in [0.4, 0.5) is 0 Å². The molecule has 1 aliphatic rings. The lowest BCUT2D eigenvalue weighted by molar-refractivity contribution is -0.0776. The number of rotatable bonds is 4. The molecule has 0 saturated heterocycles. The average Bonchev–Trinajstić information content (AvgIpc) is 2.83. The molecule has 1 fully saturated rings. The fourth-order valence-corrected chi connectivity index (χ4v) is 3.67. The molecule has 1 unspecified atom stereocenters. The summed E-state index contributed by atoms with van der Waals surface area (Å²) in [6.45, 7) is 6.85. The van der Waals surface area contributed by atoms with Gasteiger partial charge in [-0.25, -0.2) is 4.98 Å². The predicted molar refractivity (Wildman–Crippen MR) is 73.7 cm³/mol. The first kappa shape index (κ1) is 14.0. The molecular weight excluding hydrogens is 246 g/mol. The maximum atomic E-state index is 9.62. The van der Waals surface area contributed by atoms with Gasteiger partial charge in [0.1, 0.15) is 10.6 Å². The minimum atomic E-state index is -0.433. The number of nitrogens with zero attached hydrogens (tertiary/aromatic N) is 1. The first-order valence-electron chi connectivity index (χ1n) is 6.85. The molecule has 1 aromatic rings. The van der Waals surface area contributed by atoms with Crippen LogP contribution < -0.4 is 0 Å². The molecule has 1 N–H and O–H groups in total. The predicted octanol–water partition coefficient (Wildman–Crippen LogP) is 3.64. The summed E-state index contributed by atoms with van der Waals surface area (Å²) in [7, 11) is 0. The number of aliphatic hydroxyl groups is 1. The fourth-order valence-electron chi connectivity index (χ4n) is 2.62. The van der Waals surface area contributed by atoms with Crippen molar-refractivity contribution in [2.75, 3.05) is 6.61 Å². The fraction of sp³-hybridized carbons (Fsp3) is 0.786. The topological polar surface area (TPSA) is 42.4 Å². The van der Waals surface area contributed by atoms with Crippen LogP contribution >= 0.6 is 11.3 Å². The van der Waals surface area contributed by atoms with Crippen LogP contribution in [-0.2, 0) is 10.3 Å². The quantitative estimate of drug-likeness (QED) is 0.907. The van der Waals surface area contributed by atoms with Crippen LogP contribution in [0.3, 0.4) is 0 Å². The second kappa shape index (κ2) is 5.68. The standard InChI is InChI=1S/C14H23NO2S/c1-4-17-14(7-5-10(2)6-8-14)13-15-9-12(18-13)11(3)16/h9-11,16H,4-8H2,1-3H3. The summed E-state index contributed by atoms with van der Waals surface area (Å²) < 4.78 is 6.06. The molecule has 1 atom stereocenters. The molecular formula is C14H23NO2S. The van der Waals surface area contributed by atoms with Crippen LogP contribution in [0.2, 0.25) is 0 Å². The van der Waals surface area contributed by atoms with E-state index in [1.165, 1.54) is 12.8 Å². The van der Waals surface area contributed by atoms with E-state index in [9.17, 15) is 5.11 Å². The summed E-state index contributed by atoms with van der Waals surface area (Å²) >= 11 is 1.60. The van der Waals surface area contributed by atoms with E-state index < -0.39 is 6.10 Å². The molecule has 0 radical (unpaired) electrons. The molecule has 1 aromatic heterocycles. The van der Waals surface area contributed by atoms with Crippen molar-refractivity contribution in [3.05, 3.63) is 16.1 Å². The Balaban J connectivity index is 2.23. The third-order valence-electron chi connectivity index (χ3n) is 3.83.